The number of aliphatic hydroxyl groups excluding tert-OH is 2. The molecular formula is C114H164Cu4N2O8P8+10. The first-order valence-electron chi connectivity index (χ1n) is 52.1. The topological polar surface area (TPSA) is 184 Å². The molecule has 8 saturated carbocycles. The van der Waals surface area contributed by atoms with Gasteiger partial charge in [-0.05, 0) is 309 Å². The third kappa shape index (κ3) is 38.3. The average molecular weight is 2190 g/mol. The van der Waals surface area contributed by atoms with E-state index in [2.05, 4.69) is 253 Å². The summed E-state index contributed by atoms with van der Waals surface area (Å²) < 4.78 is 0. The van der Waals surface area contributed by atoms with Gasteiger partial charge in [-0.2, -0.15) is 0 Å². The molecule has 2 aliphatic heterocycles. The zero-order chi connectivity index (χ0) is 91.5. The van der Waals surface area contributed by atoms with Crippen molar-refractivity contribution < 1.29 is 109 Å². The molecule has 10 nitrogen and oxygen atoms in total. The van der Waals surface area contributed by atoms with Crippen LogP contribution in [0.4, 0.5) is 0 Å². The van der Waals surface area contributed by atoms with Crippen molar-refractivity contribution in [2.45, 2.75) is 352 Å². The predicted octanol–water partition coefficient (Wildman–Crippen LogP) is 26.0. The minimum Gasteiger partial charge on any atom is -0.669 e. The van der Waals surface area contributed by atoms with Gasteiger partial charge in [-0.3, -0.25) is 9.59 Å². The molecule has 0 aromatic heterocycles. The molecule has 1 saturated heterocycles. The van der Waals surface area contributed by atoms with Crippen molar-refractivity contribution in [3.63, 3.8) is 0 Å². The summed E-state index contributed by atoms with van der Waals surface area (Å²) in [5.74, 6) is 4.12. The zero-order valence-corrected chi connectivity index (χ0v) is 92.4. The number of hydrogen-bond donors (Lipinski definition) is 6. The Kier molecular flexibility index (Phi) is 57.1. The average Bonchev–Trinajstić information content (AvgIpc) is 0.823. The summed E-state index contributed by atoms with van der Waals surface area (Å²) in [4.78, 5) is 20.9. The Morgan fingerprint density at radius 1 is 0.265 bits per heavy atom. The maximum Gasteiger partial charge on any atom is 1.00 e. The maximum atomic E-state index is 10.5. The molecule has 8 aromatic carbocycles. The summed E-state index contributed by atoms with van der Waals surface area (Å²) >= 11 is 0. The molecule has 9 fully saturated rings. The van der Waals surface area contributed by atoms with E-state index in [4.69, 9.17) is 30.6 Å². The molecule has 3 unspecified atom stereocenters. The molecule has 22 heteroatoms. The Labute approximate surface area is 871 Å². The Bertz CT molecular complexity index is 3800. The van der Waals surface area contributed by atoms with Crippen LogP contribution in [0.3, 0.4) is 0 Å². The Morgan fingerprint density at radius 3 is 0.647 bits per heavy atom. The third-order valence-electron chi connectivity index (χ3n) is 30.9. The number of nitrogens with zero attached hydrogens (tertiary/aromatic N) is 2. The van der Waals surface area contributed by atoms with Crippen molar-refractivity contribution in [2.24, 2.45) is 0 Å². The second-order valence-corrected chi connectivity index (χ2v) is 64.9. The summed E-state index contributed by atoms with van der Waals surface area (Å²) in [5.41, 5.74) is 9.84. The fourth-order valence-corrected chi connectivity index (χ4v) is 64.1. The van der Waals surface area contributed by atoms with Crippen LogP contribution in [-0.4, -0.2) is 142 Å². The number of benzene rings is 8. The van der Waals surface area contributed by atoms with Crippen LogP contribution >= 0.6 is 63.4 Å². The number of rotatable bonds is 28. The van der Waals surface area contributed by atoms with E-state index in [1.807, 2.05) is 11.8 Å². The summed E-state index contributed by atoms with van der Waals surface area (Å²) in [6, 6.07) is 86.5. The number of aliphatic carboxylic acids is 2. The van der Waals surface area contributed by atoms with Crippen molar-refractivity contribution in [2.75, 3.05) is 23.6 Å². The molecule has 8 aromatic rings. The van der Waals surface area contributed by atoms with Crippen LogP contribution in [0.15, 0.2) is 267 Å². The van der Waals surface area contributed by atoms with Gasteiger partial charge in [0.1, 0.15) is 80.4 Å². The number of piperidine rings is 1. The first-order valence-corrected chi connectivity index (χ1v) is 66.4. The van der Waals surface area contributed by atoms with E-state index in [0.717, 1.165) is 0 Å². The minimum atomic E-state index is -1.71. The van der Waals surface area contributed by atoms with E-state index in [-0.39, 0.29) is 106 Å². The summed E-state index contributed by atoms with van der Waals surface area (Å²) in [6.07, 6.45) is 66.8. The van der Waals surface area contributed by atoms with Crippen molar-refractivity contribution in [1.82, 2.24) is 0 Å². The van der Waals surface area contributed by atoms with Gasteiger partial charge in [-0.15, -0.1) is 5.70 Å². The van der Waals surface area contributed by atoms with Crippen LogP contribution < -0.4 is 42.4 Å². The second-order valence-electron chi connectivity index (χ2n) is 39.7. The fourth-order valence-electron chi connectivity index (χ4n) is 23.8. The smallest absolute Gasteiger partial charge is 0.669 e. The van der Waals surface area contributed by atoms with Crippen molar-refractivity contribution in [3.05, 3.63) is 277 Å². The van der Waals surface area contributed by atoms with Crippen molar-refractivity contribution >= 4 is 118 Å². The first kappa shape index (κ1) is 117. The molecule has 0 bridgehead atoms. The molecular weight excluding hydrogens is 2030 g/mol. The summed E-state index contributed by atoms with van der Waals surface area (Å²) in [5, 5.41) is 71.2. The standard InChI is InChI=1S/2C25H46P2.2C25H22P2.C7H12NO4.C7H8NO4.4Cu/c4*1-5-13-22(14-6-1)26(23-15-7-2-8-16-23)21-27(24-17-9-3-10-18-24)25-19-11-4-12-20-25;2*9-6(10)4-2-1-3-5(8-4)7(11)12;;;;/h2*22-25H,1-21H2;2*1-20H,21H2;4-6,9-10H,1-3H2,(H,11,12);1-4,7,11-12H,(H,9,10);;;;/q;;;;2*-1;4*+1/p+8. The van der Waals surface area contributed by atoms with Gasteiger partial charge >= 0.3 is 68.3 Å². The van der Waals surface area contributed by atoms with Gasteiger partial charge in [-0.25, -0.2) is 0 Å². The third-order valence-corrected chi connectivity index (χ3v) is 64.3. The van der Waals surface area contributed by atoms with Gasteiger partial charge in [-0.1, -0.05) is 240 Å². The Morgan fingerprint density at radius 2 is 0.471 bits per heavy atom. The molecule has 0 radical (unpaired) electrons. The maximum absolute atomic E-state index is 10.5. The number of aliphatic hydroxyl groups is 4. The molecule has 6 N–H and O–H groups in total. The van der Waals surface area contributed by atoms with Crippen LogP contribution in [0.1, 0.15) is 276 Å². The number of allylic oxidation sites excluding steroid dienone is 2. The molecule has 752 valence electrons. The van der Waals surface area contributed by atoms with Gasteiger partial charge < -0.3 is 41.3 Å². The van der Waals surface area contributed by atoms with E-state index < -0.39 is 74.3 Å². The van der Waals surface area contributed by atoms with Crippen LogP contribution in [-0.2, 0) is 77.9 Å². The van der Waals surface area contributed by atoms with E-state index in [9.17, 15) is 9.59 Å². The number of carboxylic acid groups (broad SMARTS) is 2. The molecule has 8 aliphatic carbocycles. The second kappa shape index (κ2) is 66.4. The van der Waals surface area contributed by atoms with Crippen molar-refractivity contribution in [1.29, 1.82) is 0 Å². The first-order chi connectivity index (χ1) is 64.9. The molecule has 3 atom stereocenters. The van der Waals surface area contributed by atoms with Gasteiger partial charge in [0, 0.05) is 37.7 Å². The van der Waals surface area contributed by atoms with Gasteiger partial charge in [0.05, 0.1) is 45.3 Å². The van der Waals surface area contributed by atoms with Gasteiger partial charge in [0.15, 0.2) is 29.9 Å². The molecule has 0 amide bonds. The number of carbonyl (C=O) groups is 2. The molecule has 2 heterocycles. The van der Waals surface area contributed by atoms with Crippen LogP contribution in [0.2, 0.25) is 0 Å². The van der Waals surface area contributed by atoms with Crippen LogP contribution in [0, 0.1) is 0 Å². The number of hydrogen-bond acceptors (Lipinski definition) is 6. The Hall–Kier alpha value is -2.70. The normalized spacial score (nSPS) is 20.2. The fraction of sp³-hybridized carbons (Fsp3) is 0.526. The number of carboxylic acids is 2. The van der Waals surface area contributed by atoms with E-state index in [1.54, 1.807) is 257 Å². The van der Waals surface area contributed by atoms with Gasteiger partial charge in [0.2, 0.25) is 0 Å². The van der Waals surface area contributed by atoms with Gasteiger partial charge in [0.25, 0.3) is 11.9 Å². The zero-order valence-electron chi connectivity index (χ0n) is 80.7. The van der Waals surface area contributed by atoms with E-state index >= 15 is 0 Å². The quantitative estimate of drug-likeness (QED) is 0.0159. The van der Waals surface area contributed by atoms with Crippen LogP contribution in [0.25, 0.3) is 10.6 Å². The summed E-state index contributed by atoms with van der Waals surface area (Å²) in [6.45, 7) is 0. The Balaban J connectivity index is 0.000000186. The largest absolute Gasteiger partial charge is 1.00 e. The summed E-state index contributed by atoms with van der Waals surface area (Å²) in [7, 11) is -3.77. The minimum absolute atomic E-state index is 0. The van der Waals surface area contributed by atoms with Crippen molar-refractivity contribution in [3.8, 4) is 0 Å². The van der Waals surface area contributed by atoms with Crippen LogP contribution in [0.5, 0.6) is 0 Å². The monoisotopic (exact) mass is 2190 g/mol. The van der Waals surface area contributed by atoms with E-state index in [1.165, 1.54) is 118 Å². The molecule has 136 heavy (non-hydrogen) atoms. The SMILES string of the molecule is C1CCC([PH+](C[PH+](C2CCCCC2)C2CCCCC2)C2CCCCC2)CC1.C1CCC([PH+](C[PH+](C2CCCCC2)C2CCCCC2)C2CCCCC2)CC1.O=C(O)C1C=CC=C(C(O)O)[N-]1.O=C(O)C1CCCC(C(O)O)[N-]1.[Cu+].[Cu+].[Cu+].[Cu+].c1ccc([PH+](C[PH+](c2ccccc2)c2ccccc2)c2ccccc2)cc1.c1ccc([PH+](C[PH+](c2ccccc2)c2ccccc2)c2ccccc2)cc1. The molecule has 10 aliphatic rings. The predicted molar refractivity (Wildman–Crippen MR) is 590 cm³/mol. The molecule has 18 rings (SSSR count). The molecule has 0 spiro atoms. The van der Waals surface area contributed by atoms with E-state index in [0.29, 0.717) is 19.3 Å².